The second kappa shape index (κ2) is 12.1. The first-order chi connectivity index (χ1) is 19.7. The Morgan fingerprint density at radius 2 is 1.90 bits per heavy atom. The van der Waals surface area contributed by atoms with Crippen LogP contribution >= 0.6 is 0 Å². The first-order valence-corrected chi connectivity index (χ1v) is 14.0. The molecule has 42 heavy (non-hydrogen) atoms. The van der Waals surface area contributed by atoms with Gasteiger partial charge >= 0.3 is 12.1 Å². The quantitative estimate of drug-likeness (QED) is 0.405. The van der Waals surface area contributed by atoms with Gasteiger partial charge in [0, 0.05) is 38.2 Å². The predicted octanol–water partition coefficient (Wildman–Crippen LogP) is 5.27. The van der Waals surface area contributed by atoms with Crippen molar-refractivity contribution in [1.82, 2.24) is 9.88 Å². The van der Waals surface area contributed by atoms with Crippen LogP contribution in [0.3, 0.4) is 0 Å². The Hall–Kier alpha value is -3.96. The molecule has 0 unspecified atom stereocenters. The van der Waals surface area contributed by atoms with Gasteiger partial charge in [0.1, 0.15) is 22.7 Å². The number of fused-ring (bicyclic) bond motifs is 1. The van der Waals surface area contributed by atoms with Crippen LogP contribution in [0.15, 0.2) is 28.5 Å². The Bertz CT molecular complexity index is 1510. The zero-order valence-electron chi connectivity index (χ0n) is 24.5. The number of hydrogen-bond donors (Lipinski definition) is 2. The zero-order valence-corrected chi connectivity index (χ0v) is 24.5. The van der Waals surface area contributed by atoms with Gasteiger partial charge in [0.05, 0.1) is 24.1 Å². The van der Waals surface area contributed by atoms with E-state index in [0.29, 0.717) is 30.5 Å². The number of pyridine rings is 1. The van der Waals surface area contributed by atoms with Crippen molar-refractivity contribution in [2.75, 3.05) is 25.1 Å². The molecule has 2 aliphatic rings. The summed E-state index contributed by atoms with van der Waals surface area (Å²) in [5, 5.41) is 11.9. The number of benzene rings is 1. The lowest BCUT2D eigenvalue weighted by atomic mass is 9.99. The molecule has 1 aromatic carbocycles. The molecule has 1 amide bonds. The molecule has 0 radical (unpaired) electrons. The van der Waals surface area contributed by atoms with Crippen LogP contribution < -0.4 is 20.4 Å². The summed E-state index contributed by atoms with van der Waals surface area (Å²) in [5.74, 6) is -2.91. The molecule has 2 aromatic rings. The van der Waals surface area contributed by atoms with E-state index in [2.05, 4.69) is 5.32 Å². The van der Waals surface area contributed by atoms with Crippen LogP contribution in [0.1, 0.15) is 82.6 Å². The van der Waals surface area contributed by atoms with E-state index in [4.69, 9.17) is 9.47 Å². The van der Waals surface area contributed by atoms with Crippen molar-refractivity contribution in [2.45, 2.75) is 83.9 Å². The number of aromatic carboxylic acids is 1. The summed E-state index contributed by atoms with van der Waals surface area (Å²) < 4.78 is 43.5. The molecule has 228 valence electrons. The number of carbonyl (C=O) groups is 3. The van der Waals surface area contributed by atoms with E-state index in [1.165, 1.54) is 20.2 Å². The largest absolute Gasteiger partial charge is 0.492 e. The molecule has 12 heteroatoms. The number of anilines is 1. The summed E-state index contributed by atoms with van der Waals surface area (Å²) in [6.07, 6.45) is 2.74. The van der Waals surface area contributed by atoms with Gasteiger partial charge in [-0.1, -0.05) is 0 Å². The predicted molar refractivity (Wildman–Crippen MR) is 153 cm³/mol. The monoisotopic (exact) mass is 589 g/mol. The van der Waals surface area contributed by atoms with E-state index in [9.17, 15) is 24.3 Å². The first-order valence-electron chi connectivity index (χ1n) is 14.0. The van der Waals surface area contributed by atoms with Crippen molar-refractivity contribution in [3.05, 3.63) is 45.3 Å². The van der Waals surface area contributed by atoms with Gasteiger partial charge in [0.25, 0.3) is 0 Å². The number of amides is 1. The fourth-order valence-corrected chi connectivity index (χ4v) is 5.20. The summed E-state index contributed by atoms with van der Waals surface area (Å²) in [7, 11) is 1.35. The highest BCUT2D eigenvalue weighted by Gasteiger charge is 2.32. The smallest absolute Gasteiger partial charge is 0.408 e. The number of ether oxygens (including phenoxy) is 2. The van der Waals surface area contributed by atoms with Crippen molar-refractivity contribution in [2.24, 2.45) is 0 Å². The van der Waals surface area contributed by atoms with Gasteiger partial charge in [0.2, 0.25) is 5.43 Å². The Labute approximate surface area is 242 Å². The number of Topliss-reactive ketones (excluding diaryl/α,β-unsaturated/α-hetero) is 1. The van der Waals surface area contributed by atoms with E-state index in [1.54, 1.807) is 30.2 Å². The summed E-state index contributed by atoms with van der Waals surface area (Å²) in [6.45, 7) is 7.06. The van der Waals surface area contributed by atoms with Crippen LogP contribution in [0.2, 0.25) is 0 Å². The number of alkyl carbamates (subject to hydrolysis) is 1. The molecular weight excluding hydrogens is 552 g/mol. The number of piperidine rings is 1. The van der Waals surface area contributed by atoms with Crippen molar-refractivity contribution in [1.29, 1.82) is 0 Å². The maximum Gasteiger partial charge on any atom is 0.408 e. The summed E-state index contributed by atoms with van der Waals surface area (Å²) >= 11 is 0. The molecule has 0 spiro atoms. The number of nitrogens with zero attached hydrogens (tertiary/aromatic N) is 2. The molecule has 2 N–H and O–H groups in total. The number of rotatable bonds is 9. The molecule has 10 nitrogen and oxygen atoms in total. The molecule has 1 aliphatic carbocycles. The minimum atomic E-state index is -1.39. The van der Waals surface area contributed by atoms with Crippen molar-refractivity contribution in [3.8, 4) is 5.75 Å². The number of nitrogens with one attached hydrogen (secondary N) is 1. The Morgan fingerprint density at radius 1 is 1.21 bits per heavy atom. The van der Waals surface area contributed by atoms with E-state index >= 15 is 8.78 Å². The Kier molecular flexibility index (Phi) is 8.93. The molecule has 1 aromatic heterocycles. The molecule has 1 aliphatic heterocycles. The highest BCUT2D eigenvalue weighted by molar-refractivity contribution is 5.97. The number of halogens is 2. The molecule has 1 atom stereocenters. The third-order valence-electron chi connectivity index (χ3n) is 7.37. The molecule has 1 saturated heterocycles. The number of carboxylic acid groups (broad SMARTS) is 1. The average Bonchev–Trinajstić information content (AvgIpc) is 3.75. The molecule has 2 fully saturated rings. The van der Waals surface area contributed by atoms with Gasteiger partial charge in [-0.3, -0.25) is 9.59 Å². The second-order valence-electron chi connectivity index (χ2n) is 11.8. The number of methoxy groups -OCH3 is 1. The van der Waals surface area contributed by atoms with Crippen LogP contribution in [0.5, 0.6) is 5.75 Å². The minimum Gasteiger partial charge on any atom is -0.492 e. The number of carboxylic acids is 1. The van der Waals surface area contributed by atoms with Crippen molar-refractivity contribution < 1.29 is 37.7 Å². The minimum absolute atomic E-state index is 0.0441. The second-order valence-corrected chi connectivity index (χ2v) is 11.8. The van der Waals surface area contributed by atoms with Gasteiger partial charge in [-0.25, -0.2) is 18.4 Å². The average molecular weight is 590 g/mol. The summed E-state index contributed by atoms with van der Waals surface area (Å²) in [5.41, 5.74) is -1.18. The van der Waals surface area contributed by atoms with E-state index in [-0.39, 0.29) is 48.0 Å². The summed E-state index contributed by atoms with van der Waals surface area (Å²) in [6, 6.07) is 0.131. The van der Waals surface area contributed by atoms with Gasteiger partial charge < -0.3 is 29.4 Å². The molecule has 4 rings (SSSR count). The lowest BCUT2D eigenvalue weighted by molar-refractivity contribution is -0.120. The molecular formula is C30H37F2N3O7. The molecule has 1 saturated carbocycles. The highest BCUT2D eigenvalue weighted by atomic mass is 19.1. The summed E-state index contributed by atoms with van der Waals surface area (Å²) in [4.78, 5) is 50.8. The van der Waals surface area contributed by atoms with Crippen molar-refractivity contribution in [3.63, 3.8) is 0 Å². The number of carbonyl (C=O) groups excluding carboxylic acids is 2. The lowest BCUT2D eigenvalue weighted by Gasteiger charge is -2.33. The normalized spacial score (nSPS) is 17.5. The third kappa shape index (κ3) is 6.74. The number of aromatic nitrogens is 1. The van der Waals surface area contributed by atoms with Crippen LogP contribution in [0, 0.1) is 5.82 Å². The first kappa shape index (κ1) is 31.0. The van der Waals surface area contributed by atoms with Gasteiger partial charge in [-0.05, 0) is 65.0 Å². The number of allylic oxidation sites excluding steroid dienone is 1. The van der Waals surface area contributed by atoms with Gasteiger partial charge in [0.15, 0.2) is 17.3 Å². The van der Waals surface area contributed by atoms with E-state index in [1.807, 2.05) is 0 Å². The lowest BCUT2D eigenvalue weighted by Crippen LogP contribution is -2.41. The van der Waals surface area contributed by atoms with Crippen LogP contribution in [-0.4, -0.2) is 59.4 Å². The van der Waals surface area contributed by atoms with E-state index < -0.39 is 46.3 Å². The van der Waals surface area contributed by atoms with Crippen LogP contribution in [-0.2, 0) is 9.53 Å². The Morgan fingerprint density at radius 3 is 2.50 bits per heavy atom. The number of ketones is 1. The topological polar surface area (TPSA) is 127 Å². The van der Waals surface area contributed by atoms with Crippen LogP contribution in [0.4, 0.5) is 19.3 Å². The molecule has 0 bridgehead atoms. The fourth-order valence-electron chi connectivity index (χ4n) is 5.20. The van der Waals surface area contributed by atoms with Gasteiger partial charge in [-0.2, -0.15) is 0 Å². The SMILES string of the molecule is COc1c(N2CCC/C(=C(\F)CCC(=O)[C@H](C)NC(=O)OC(C)(C)C)C2)c(F)cc2c(=O)c(C(=O)O)cn(C3CC3)c12. The molecule has 2 heterocycles. The maximum absolute atomic E-state index is 15.7. The van der Waals surface area contributed by atoms with Crippen LogP contribution in [0.25, 0.3) is 10.9 Å². The van der Waals surface area contributed by atoms with E-state index in [0.717, 1.165) is 18.9 Å². The third-order valence-corrected chi connectivity index (χ3v) is 7.37. The van der Waals surface area contributed by atoms with Crippen molar-refractivity contribution >= 4 is 34.4 Å². The highest BCUT2D eigenvalue weighted by Crippen LogP contribution is 2.44. The van der Waals surface area contributed by atoms with Gasteiger partial charge in [-0.15, -0.1) is 0 Å². The number of hydrogen-bond acceptors (Lipinski definition) is 7. The zero-order chi connectivity index (χ0) is 30.9. The fraction of sp³-hybridized carbons (Fsp3) is 0.533. The Balaban J connectivity index is 1.58. The maximum atomic E-state index is 15.7. The standard InChI is InChI=1S/C30H37F2N3O7/c1-16(33-29(40)42-30(2,3)4)23(36)11-10-21(31)17-7-6-12-34(14-17)25-22(32)13-19-24(27(25)41-5)35(18-8-9-18)15-20(26(19)37)28(38)39/h13,15-16,18H,6-12,14H2,1-5H3,(H,33,40)(H,38,39)/b21-17+/t16-/m0/s1.